The van der Waals surface area contributed by atoms with Crippen LogP contribution in [0.3, 0.4) is 0 Å². The smallest absolute Gasteiger partial charge is 0.260 e. The number of hydrogen-bond acceptors (Lipinski definition) is 22. The highest BCUT2D eigenvalue weighted by molar-refractivity contribution is 7.99. The van der Waals surface area contributed by atoms with E-state index >= 15 is 8.78 Å². The van der Waals surface area contributed by atoms with E-state index in [1.807, 2.05) is 90.1 Å². The lowest BCUT2D eigenvalue weighted by molar-refractivity contribution is -0.121. The molecule has 0 radical (unpaired) electrons. The lowest BCUT2D eigenvalue weighted by Crippen LogP contribution is -2.60. The number of rotatable bonds is 24. The molecule has 2 atom stereocenters. The van der Waals surface area contributed by atoms with Crippen molar-refractivity contribution in [1.29, 1.82) is 0 Å². The van der Waals surface area contributed by atoms with Crippen LogP contribution in [0.15, 0.2) is 158 Å². The summed E-state index contributed by atoms with van der Waals surface area (Å²) in [6, 6.07) is 38.1. The maximum absolute atomic E-state index is 15.2. The van der Waals surface area contributed by atoms with Crippen LogP contribution in [0.5, 0.6) is 0 Å². The number of carbonyl (C=O) groups excluding carboxylic acids is 3. The molecule has 4 aromatic carbocycles. The summed E-state index contributed by atoms with van der Waals surface area (Å²) in [5, 5.41) is 40.8. The second kappa shape index (κ2) is 31.7. The number of alkyl halides is 4. The molecule has 10 heterocycles. The highest BCUT2D eigenvalue weighted by Gasteiger charge is 2.61. The van der Waals surface area contributed by atoms with E-state index in [1.165, 1.54) is 35.3 Å². The minimum Gasteiger partial charge on any atom is -0.354 e. The fourth-order valence-electron chi connectivity index (χ4n) is 13.3. The molecule has 4 saturated heterocycles. The quantitative estimate of drug-likeness (QED) is 0.0201. The summed E-state index contributed by atoms with van der Waals surface area (Å²) < 4.78 is 71.4. The van der Waals surface area contributed by atoms with Gasteiger partial charge in [-0.1, -0.05) is 23.7 Å². The number of amides is 3. The summed E-state index contributed by atoms with van der Waals surface area (Å²) in [5.41, 5.74) is 2.67. The van der Waals surface area contributed by atoms with Gasteiger partial charge in [0.25, 0.3) is 11.8 Å². The Hall–Kier alpha value is -10.1. The van der Waals surface area contributed by atoms with Gasteiger partial charge < -0.3 is 46.6 Å². The van der Waals surface area contributed by atoms with Gasteiger partial charge in [0.15, 0.2) is 44.6 Å². The van der Waals surface area contributed by atoms with Crippen LogP contribution < -0.4 is 46.6 Å². The Morgan fingerprint density at radius 3 is 1.39 bits per heavy atom. The summed E-state index contributed by atoms with van der Waals surface area (Å²) in [5.74, 6) is -0.689. The van der Waals surface area contributed by atoms with Gasteiger partial charge in [-0.15, -0.1) is 0 Å². The van der Waals surface area contributed by atoms with Crippen LogP contribution in [-0.2, 0) is 9.59 Å². The molecule has 34 heteroatoms. The van der Waals surface area contributed by atoms with Crippen molar-refractivity contribution in [3.8, 4) is 0 Å². The topological polar surface area (TPSA) is 300 Å². The first-order valence-electron chi connectivity index (χ1n) is 36.4. The van der Waals surface area contributed by atoms with Crippen molar-refractivity contribution in [3.63, 3.8) is 0 Å². The summed E-state index contributed by atoms with van der Waals surface area (Å²) in [6.07, 6.45) is 6.37. The van der Waals surface area contributed by atoms with Crippen molar-refractivity contribution in [1.82, 2.24) is 65.4 Å². The highest BCUT2D eigenvalue weighted by Crippen LogP contribution is 2.51. The van der Waals surface area contributed by atoms with Gasteiger partial charge in [-0.05, 0) is 218 Å². The Morgan fingerprint density at radius 2 is 0.973 bits per heavy atom. The number of aryl methyl sites for hydroxylation is 3. The van der Waals surface area contributed by atoms with Crippen molar-refractivity contribution in [2.24, 2.45) is 17.8 Å². The summed E-state index contributed by atoms with van der Waals surface area (Å²) in [6.45, 7) is 13.8. The minimum atomic E-state index is -2.90. The first kappa shape index (κ1) is 75.3. The molecule has 7 aliphatic rings. The van der Waals surface area contributed by atoms with Crippen LogP contribution in [0.4, 0.5) is 91.4 Å². The number of aromatic nitrogens is 12. The number of halogens is 6. The van der Waals surface area contributed by atoms with Crippen LogP contribution >= 0.6 is 46.9 Å². The highest BCUT2D eigenvalue weighted by atomic mass is 35.5. The third-order valence-corrected chi connectivity index (χ3v) is 22.8. The lowest BCUT2D eigenvalue weighted by atomic mass is 9.91. The number of hydrogen-bond donors (Lipinski definition) is 9. The zero-order valence-corrected chi connectivity index (χ0v) is 63.9. The molecule has 6 aromatic heterocycles. The van der Waals surface area contributed by atoms with Gasteiger partial charge in [0, 0.05) is 115 Å². The molecular weight excluding hydrogens is 1500 g/mol. The molecule has 9 N–H and O–H groups in total. The standard InChI is InChI=1S/C28H35FN8OS.C24H21ClFN7OS.C24H24F3N7OS.7H2/c1-17(2)37-12-4-5-22(37)26(38)30-20-8-10-21(11-9-20)39-27-32-23(31-24-13-18(3)34-35-24)14-25(33-27)36-15-28(29,16-36)19-6-7-19;1-14-13-19(32-31-14)28-21-20(26)22(33-11-4-12-33)30-24(29-21)35-16-9-7-15(8-10-16)27-23(34)17-5-2-3-6-18(17)25;1-13-8-19(33-32-13)29-18-9-20(34-11-23(25,12-34)14-2-3-14)31-22(30-18)36-16-6-4-15(5-7-16)28-21(35)17-10-24(17,26)27;;;;;;;/h8-11,13-14,17,19,22H,4-7,12,15-16H2,1-3H3,(H,30,38)(H2,31,32,33,34,35);2-3,5-10,13H,4,11-12H2,1H3,(H,27,34)(H2,28,29,30,31,32);4-9,14,17H,2-3,10-12H2,1H3,(H,28,35)(H2,29,30,31,32,33);7*1H/t22-;;;;;;;;;/m1........./s1. The second-order valence-electron chi connectivity index (χ2n) is 28.9. The first-order valence-corrected chi connectivity index (χ1v) is 39.2. The van der Waals surface area contributed by atoms with E-state index < -0.39 is 41.3 Å². The van der Waals surface area contributed by atoms with Crippen LogP contribution in [0, 0.1) is 44.3 Å². The van der Waals surface area contributed by atoms with Crippen LogP contribution in [-0.4, -0.2) is 158 Å². The average molecular weight is 1590 g/mol. The molecule has 0 spiro atoms. The van der Waals surface area contributed by atoms with E-state index in [0.29, 0.717) is 110 Å². The maximum Gasteiger partial charge on any atom is 0.260 e. The van der Waals surface area contributed by atoms with E-state index in [4.69, 9.17) is 21.6 Å². The Labute approximate surface area is 658 Å². The van der Waals surface area contributed by atoms with Gasteiger partial charge in [-0.3, -0.25) is 34.6 Å². The Balaban J connectivity index is 0.000000213. The van der Waals surface area contributed by atoms with E-state index in [9.17, 15) is 27.6 Å². The van der Waals surface area contributed by atoms with Gasteiger partial charge >= 0.3 is 0 Å². The predicted octanol–water partition coefficient (Wildman–Crippen LogP) is 17.5. The fourth-order valence-corrected chi connectivity index (χ4v) is 15.8. The molecule has 3 aliphatic carbocycles. The summed E-state index contributed by atoms with van der Waals surface area (Å²) in [4.78, 5) is 75.5. The van der Waals surface area contributed by atoms with Crippen LogP contribution in [0.2, 0.25) is 5.02 Å². The third kappa shape index (κ3) is 18.2. The zero-order valence-electron chi connectivity index (χ0n) is 60.6. The Bertz CT molecular complexity index is 5030. The summed E-state index contributed by atoms with van der Waals surface area (Å²) >= 11 is 10.1. The molecule has 4 aliphatic heterocycles. The molecule has 110 heavy (non-hydrogen) atoms. The van der Waals surface area contributed by atoms with Crippen molar-refractivity contribution < 1.29 is 46.3 Å². The van der Waals surface area contributed by atoms with Crippen LogP contribution in [0.25, 0.3) is 0 Å². The number of benzene rings is 4. The largest absolute Gasteiger partial charge is 0.354 e. The second-order valence-corrected chi connectivity index (χ2v) is 32.5. The molecule has 1 unspecified atom stereocenters. The number of H-pyrrole nitrogens is 3. The average Bonchev–Trinajstić information content (AvgIpc) is 1.67. The minimum absolute atomic E-state index is 0. The molecule has 586 valence electrons. The molecule has 25 nitrogen and oxygen atoms in total. The van der Waals surface area contributed by atoms with Gasteiger partial charge in [-0.2, -0.15) is 19.7 Å². The molecule has 3 saturated carbocycles. The van der Waals surface area contributed by atoms with E-state index in [-0.39, 0.29) is 51.3 Å². The monoisotopic (exact) mass is 1590 g/mol. The molecule has 7 fully saturated rings. The molecule has 17 rings (SSSR count). The van der Waals surface area contributed by atoms with E-state index in [0.717, 1.165) is 102 Å². The normalized spacial score (nSPS) is 18.5. The van der Waals surface area contributed by atoms with Crippen molar-refractivity contribution in [3.05, 3.63) is 161 Å². The predicted molar refractivity (Wildman–Crippen MR) is 431 cm³/mol. The van der Waals surface area contributed by atoms with E-state index in [2.05, 4.69) is 101 Å². The fraction of sp³-hybridized carbons (Fsp3) is 0.368. The number of anilines is 12. The van der Waals surface area contributed by atoms with Gasteiger partial charge in [0.1, 0.15) is 40.5 Å². The number of likely N-dealkylation sites (tertiary alicyclic amines) is 1. The summed E-state index contributed by atoms with van der Waals surface area (Å²) in [7, 11) is 0. The number of aromatic amines is 3. The van der Waals surface area contributed by atoms with Crippen molar-refractivity contribution in [2.45, 2.75) is 145 Å². The number of nitrogens with one attached hydrogen (secondary N) is 9. The van der Waals surface area contributed by atoms with Crippen molar-refractivity contribution in [2.75, 3.05) is 92.4 Å². The SMILES string of the molecule is Cc1cc(Nc2cc(N3CC(F)(C4CC4)C3)nc(Sc3ccc(NC(=O)C4CC4(F)F)cc3)n2)n[nH]1.Cc1cc(Nc2cc(N3CC(F)(C4CC4)C3)nc(Sc3ccc(NC(=O)[C@H]4CCCN4C(C)C)cc3)n2)n[nH]1.Cc1cc(Nc2nc(Sc3ccc(NC(=O)c4ccccc4Cl)cc3)nc(N3CCC3)c2F)n[nH]1.[HH].[HH].[HH].[HH].[HH].[HH].[HH]. The lowest BCUT2D eigenvalue weighted by Gasteiger charge is -2.45. The Kier molecular flexibility index (Phi) is 21.7. The Morgan fingerprint density at radius 1 is 0.527 bits per heavy atom. The van der Waals surface area contributed by atoms with Crippen LogP contribution in [0.1, 0.15) is 103 Å². The first-order chi connectivity index (χ1) is 52.9. The molecule has 10 aromatic rings. The van der Waals surface area contributed by atoms with E-state index in [1.54, 1.807) is 72.8 Å². The third-order valence-electron chi connectivity index (χ3n) is 19.8. The zero-order chi connectivity index (χ0) is 76.6. The molecular formula is C76H94ClF5N22O3S3. The van der Waals surface area contributed by atoms with Gasteiger partial charge in [0.05, 0.1) is 42.8 Å². The molecule has 3 amide bonds. The van der Waals surface area contributed by atoms with Crippen molar-refractivity contribution >= 4 is 134 Å². The molecule has 0 bridgehead atoms. The van der Waals surface area contributed by atoms with Gasteiger partial charge in [0.2, 0.25) is 17.6 Å². The number of nitrogens with zero attached hydrogens (tertiary/aromatic N) is 13. The number of carbonyl (C=O) groups is 3. The van der Waals surface area contributed by atoms with Gasteiger partial charge in [-0.25, -0.2) is 47.5 Å². The maximum atomic E-state index is 15.2.